The number of halogens is 3. The predicted molar refractivity (Wildman–Crippen MR) is 95.9 cm³/mol. The molecule has 0 aliphatic heterocycles. The van der Waals surface area contributed by atoms with Gasteiger partial charge in [0.05, 0.1) is 15.5 Å². The Morgan fingerprint density at radius 2 is 1.62 bits per heavy atom. The number of hydrogen-bond donors (Lipinski definition) is 1. The number of sulfonamides is 1. The van der Waals surface area contributed by atoms with E-state index in [2.05, 4.69) is 5.32 Å². The lowest BCUT2D eigenvalue weighted by molar-refractivity contribution is 0.102. The molecule has 0 saturated carbocycles. The van der Waals surface area contributed by atoms with E-state index in [4.69, 9.17) is 11.6 Å². The molecule has 0 bridgehead atoms. The minimum Gasteiger partial charge on any atom is -0.322 e. The predicted octanol–water partition coefficient (Wildman–Crippen LogP) is 3.90. The van der Waals surface area contributed by atoms with Crippen molar-refractivity contribution < 1.29 is 22.0 Å². The summed E-state index contributed by atoms with van der Waals surface area (Å²) in [6.07, 6.45) is 0. The first-order chi connectivity index (χ1) is 12.2. The Labute approximate surface area is 155 Å². The Morgan fingerprint density at radius 3 is 2.15 bits per heavy atom. The molecule has 0 fully saturated rings. The van der Waals surface area contributed by atoms with Crippen LogP contribution in [-0.4, -0.2) is 31.7 Å². The minimum absolute atomic E-state index is 0.0880. The van der Waals surface area contributed by atoms with E-state index in [1.165, 1.54) is 28.6 Å². The third-order valence-corrected chi connectivity index (χ3v) is 6.09. The smallest absolute Gasteiger partial charge is 0.257 e. The van der Waals surface area contributed by atoms with E-state index in [0.717, 1.165) is 0 Å². The summed E-state index contributed by atoms with van der Waals surface area (Å²) < 4.78 is 52.5. The van der Waals surface area contributed by atoms with E-state index in [9.17, 15) is 22.0 Å². The summed E-state index contributed by atoms with van der Waals surface area (Å²) in [4.78, 5) is 12.3. The molecular formula is C17H17ClF2N2O3S. The molecule has 0 radical (unpaired) electrons. The zero-order valence-corrected chi connectivity index (χ0v) is 15.7. The second-order valence-corrected chi connectivity index (χ2v) is 7.66. The summed E-state index contributed by atoms with van der Waals surface area (Å²) in [5.41, 5.74) is 0.0553. The van der Waals surface area contributed by atoms with Gasteiger partial charge in [-0.2, -0.15) is 4.31 Å². The van der Waals surface area contributed by atoms with Gasteiger partial charge in [0.2, 0.25) is 10.0 Å². The van der Waals surface area contributed by atoms with Crippen LogP contribution in [0.15, 0.2) is 41.3 Å². The Hall–Kier alpha value is -2.03. The Bertz CT molecular complexity index is 914. The van der Waals surface area contributed by atoms with E-state index in [0.29, 0.717) is 25.2 Å². The van der Waals surface area contributed by atoms with Crippen LogP contribution in [0, 0.1) is 11.6 Å². The summed E-state index contributed by atoms with van der Waals surface area (Å²) in [6.45, 7) is 4.15. The summed E-state index contributed by atoms with van der Waals surface area (Å²) in [5.74, 6) is -3.09. The first-order valence-electron chi connectivity index (χ1n) is 7.76. The highest BCUT2D eigenvalue weighted by atomic mass is 35.5. The third kappa shape index (κ3) is 4.20. The number of carbonyl (C=O) groups is 1. The number of anilines is 1. The van der Waals surface area contributed by atoms with Crippen molar-refractivity contribution >= 4 is 33.2 Å². The molecular weight excluding hydrogens is 386 g/mol. The number of hydrogen-bond acceptors (Lipinski definition) is 3. The van der Waals surface area contributed by atoms with Gasteiger partial charge in [-0.3, -0.25) is 4.79 Å². The average Bonchev–Trinajstić information content (AvgIpc) is 2.59. The van der Waals surface area contributed by atoms with E-state index in [1.54, 1.807) is 13.8 Å². The molecule has 5 nitrogen and oxygen atoms in total. The van der Waals surface area contributed by atoms with Gasteiger partial charge in [-0.1, -0.05) is 25.4 Å². The largest absolute Gasteiger partial charge is 0.322 e. The number of benzene rings is 2. The quantitative estimate of drug-likeness (QED) is 0.745. The molecule has 2 aromatic carbocycles. The maximum atomic E-state index is 13.3. The number of nitrogens with zero attached hydrogens (tertiary/aromatic N) is 1. The standard InChI is InChI=1S/C17H17ClF2N2O3S/c1-3-22(4-2)26(24,25)12-7-5-11(6-8-12)21-17(23)13-9-15(19)16(20)10-14(13)18/h5-10H,3-4H2,1-2H3,(H,21,23). The van der Waals surface area contributed by atoms with Crippen LogP contribution in [-0.2, 0) is 10.0 Å². The number of amides is 1. The van der Waals surface area contributed by atoms with E-state index < -0.39 is 27.6 Å². The number of rotatable bonds is 6. The average molecular weight is 403 g/mol. The highest BCUT2D eigenvalue weighted by Crippen LogP contribution is 2.22. The lowest BCUT2D eigenvalue weighted by atomic mass is 10.2. The molecule has 0 heterocycles. The molecule has 0 unspecified atom stereocenters. The molecule has 9 heteroatoms. The van der Waals surface area contributed by atoms with Gasteiger partial charge in [0.15, 0.2) is 11.6 Å². The fraction of sp³-hybridized carbons (Fsp3) is 0.235. The first kappa shape index (κ1) is 20.3. The zero-order chi connectivity index (χ0) is 19.5. The summed E-state index contributed by atoms with van der Waals surface area (Å²) >= 11 is 5.76. The van der Waals surface area contributed by atoms with Crippen LogP contribution < -0.4 is 5.32 Å². The number of nitrogens with one attached hydrogen (secondary N) is 1. The molecule has 0 spiro atoms. The summed E-state index contributed by atoms with van der Waals surface area (Å²) in [6, 6.07) is 6.94. The van der Waals surface area contributed by atoms with Gasteiger partial charge in [-0.05, 0) is 36.4 Å². The SMILES string of the molecule is CCN(CC)S(=O)(=O)c1ccc(NC(=O)c2cc(F)c(F)cc2Cl)cc1. The molecule has 0 aliphatic rings. The van der Waals surface area contributed by atoms with Gasteiger partial charge in [0.1, 0.15) is 0 Å². The van der Waals surface area contributed by atoms with Crippen LogP contribution in [0.5, 0.6) is 0 Å². The second kappa shape index (κ2) is 8.11. The van der Waals surface area contributed by atoms with Gasteiger partial charge in [-0.25, -0.2) is 17.2 Å². The molecule has 0 atom stereocenters. The van der Waals surface area contributed by atoms with Crippen molar-refractivity contribution in [1.82, 2.24) is 4.31 Å². The third-order valence-electron chi connectivity index (χ3n) is 3.71. The molecule has 1 N–H and O–H groups in total. The van der Waals surface area contributed by atoms with Gasteiger partial charge in [0, 0.05) is 18.8 Å². The van der Waals surface area contributed by atoms with Gasteiger partial charge in [-0.15, -0.1) is 0 Å². The Kier molecular flexibility index (Phi) is 6.33. The van der Waals surface area contributed by atoms with Crippen molar-refractivity contribution in [3.05, 3.63) is 58.6 Å². The van der Waals surface area contributed by atoms with Crippen molar-refractivity contribution in [3.8, 4) is 0 Å². The minimum atomic E-state index is -3.61. The van der Waals surface area contributed by atoms with E-state index >= 15 is 0 Å². The molecule has 140 valence electrons. The Balaban J connectivity index is 2.22. The summed E-state index contributed by atoms with van der Waals surface area (Å²) in [5, 5.41) is 2.23. The van der Waals surface area contributed by atoms with Crippen molar-refractivity contribution in [2.24, 2.45) is 0 Å². The van der Waals surface area contributed by atoms with Crippen molar-refractivity contribution in [2.75, 3.05) is 18.4 Å². The lowest BCUT2D eigenvalue weighted by Gasteiger charge is -2.18. The van der Waals surface area contributed by atoms with Gasteiger partial charge < -0.3 is 5.32 Å². The zero-order valence-electron chi connectivity index (χ0n) is 14.1. The molecule has 1 amide bonds. The van der Waals surface area contributed by atoms with Crippen molar-refractivity contribution in [3.63, 3.8) is 0 Å². The van der Waals surface area contributed by atoms with Crippen LogP contribution in [0.1, 0.15) is 24.2 Å². The van der Waals surface area contributed by atoms with Crippen LogP contribution in [0.25, 0.3) is 0 Å². The van der Waals surface area contributed by atoms with E-state index in [-0.39, 0.29) is 21.2 Å². The van der Waals surface area contributed by atoms with Crippen LogP contribution in [0.4, 0.5) is 14.5 Å². The molecule has 0 saturated heterocycles. The first-order valence-corrected chi connectivity index (χ1v) is 9.58. The summed E-state index contributed by atoms with van der Waals surface area (Å²) in [7, 11) is -3.61. The fourth-order valence-electron chi connectivity index (χ4n) is 2.32. The van der Waals surface area contributed by atoms with E-state index in [1.807, 2.05) is 0 Å². The van der Waals surface area contributed by atoms with Crippen molar-refractivity contribution in [2.45, 2.75) is 18.7 Å². The van der Waals surface area contributed by atoms with Gasteiger partial charge >= 0.3 is 0 Å². The fourth-order valence-corrected chi connectivity index (χ4v) is 4.01. The normalized spacial score (nSPS) is 11.6. The second-order valence-electron chi connectivity index (χ2n) is 5.31. The topological polar surface area (TPSA) is 66.5 Å². The molecule has 0 aliphatic carbocycles. The van der Waals surface area contributed by atoms with Crippen LogP contribution in [0.2, 0.25) is 5.02 Å². The monoisotopic (exact) mass is 402 g/mol. The van der Waals surface area contributed by atoms with Gasteiger partial charge in [0.25, 0.3) is 5.91 Å². The molecule has 2 rings (SSSR count). The lowest BCUT2D eigenvalue weighted by Crippen LogP contribution is -2.30. The molecule has 0 aromatic heterocycles. The molecule has 2 aromatic rings. The number of carbonyl (C=O) groups excluding carboxylic acids is 1. The Morgan fingerprint density at radius 1 is 1.08 bits per heavy atom. The maximum absolute atomic E-state index is 13.3. The highest BCUT2D eigenvalue weighted by Gasteiger charge is 2.21. The highest BCUT2D eigenvalue weighted by molar-refractivity contribution is 7.89. The van der Waals surface area contributed by atoms with Crippen molar-refractivity contribution in [1.29, 1.82) is 0 Å². The van der Waals surface area contributed by atoms with Crippen LogP contribution >= 0.6 is 11.6 Å². The van der Waals surface area contributed by atoms with Crippen LogP contribution in [0.3, 0.4) is 0 Å². The maximum Gasteiger partial charge on any atom is 0.257 e. The molecule has 26 heavy (non-hydrogen) atoms.